The first-order valence-electron chi connectivity index (χ1n) is 5.83. The summed E-state index contributed by atoms with van der Waals surface area (Å²) in [6.07, 6.45) is 6.45. The zero-order valence-electron chi connectivity index (χ0n) is 9.78. The fourth-order valence-electron chi connectivity index (χ4n) is 1.63. The Bertz CT molecular complexity index is 470. The summed E-state index contributed by atoms with van der Waals surface area (Å²) in [7, 11) is 0. The number of nitrogens with zero attached hydrogens (tertiary/aromatic N) is 3. The summed E-state index contributed by atoms with van der Waals surface area (Å²) in [5, 5.41) is 3.34. The minimum absolute atomic E-state index is 0.124. The summed E-state index contributed by atoms with van der Waals surface area (Å²) in [6, 6.07) is 0. The standard InChI is InChI=1S/C11H16ClN5/c1-2-3-4-8(12)5-13-10-9-11(15-6-14-9)17-7-16-10/h6-8H,2-5H2,1H3,(H2,13,14,15,16,17). The molecule has 0 aliphatic heterocycles. The van der Waals surface area contributed by atoms with Gasteiger partial charge >= 0.3 is 0 Å². The summed E-state index contributed by atoms with van der Waals surface area (Å²) in [5.74, 6) is 0.735. The van der Waals surface area contributed by atoms with Gasteiger partial charge in [-0.05, 0) is 6.42 Å². The molecule has 6 heteroatoms. The molecule has 0 aromatic carbocycles. The fourth-order valence-corrected chi connectivity index (χ4v) is 1.86. The number of imidazole rings is 1. The molecule has 0 aliphatic rings. The molecule has 0 saturated carbocycles. The van der Waals surface area contributed by atoms with Crippen molar-refractivity contribution in [2.45, 2.75) is 31.6 Å². The third-order valence-electron chi connectivity index (χ3n) is 2.58. The number of unbranched alkanes of at least 4 members (excludes halogenated alkanes) is 1. The van der Waals surface area contributed by atoms with Gasteiger partial charge in [0.25, 0.3) is 0 Å². The summed E-state index contributed by atoms with van der Waals surface area (Å²) in [4.78, 5) is 15.4. The molecule has 2 N–H and O–H groups in total. The zero-order chi connectivity index (χ0) is 12.1. The molecule has 0 spiro atoms. The van der Waals surface area contributed by atoms with Crippen molar-refractivity contribution in [3.05, 3.63) is 12.7 Å². The third-order valence-corrected chi connectivity index (χ3v) is 2.95. The van der Waals surface area contributed by atoms with E-state index in [-0.39, 0.29) is 5.38 Å². The molecule has 0 radical (unpaired) electrons. The highest BCUT2D eigenvalue weighted by Crippen LogP contribution is 2.15. The maximum absolute atomic E-state index is 6.20. The number of hydrogen-bond donors (Lipinski definition) is 2. The van der Waals surface area contributed by atoms with Crippen LogP contribution in [0.5, 0.6) is 0 Å². The molecule has 5 nitrogen and oxygen atoms in total. The minimum atomic E-state index is 0.124. The maximum atomic E-state index is 6.20. The van der Waals surface area contributed by atoms with Crippen LogP contribution >= 0.6 is 11.6 Å². The van der Waals surface area contributed by atoms with E-state index in [4.69, 9.17) is 11.6 Å². The molecular formula is C11H16ClN5. The highest BCUT2D eigenvalue weighted by atomic mass is 35.5. The Morgan fingerprint density at radius 2 is 2.29 bits per heavy atom. The zero-order valence-corrected chi connectivity index (χ0v) is 10.5. The predicted molar refractivity (Wildman–Crippen MR) is 69.3 cm³/mol. The van der Waals surface area contributed by atoms with Gasteiger partial charge in [0.2, 0.25) is 0 Å². The average Bonchev–Trinajstić information content (AvgIpc) is 2.82. The normalized spacial score (nSPS) is 12.8. The average molecular weight is 254 g/mol. The first kappa shape index (κ1) is 12.1. The highest BCUT2D eigenvalue weighted by Gasteiger charge is 2.08. The lowest BCUT2D eigenvalue weighted by atomic mass is 10.2. The maximum Gasteiger partial charge on any atom is 0.162 e. The Morgan fingerprint density at radius 1 is 1.41 bits per heavy atom. The van der Waals surface area contributed by atoms with Crippen LogP contribution in [0.25, 0.3) is 11.2 Å². The number of H-pyrrole nitrogens is 1. The van der Waals surface area contributed by atoms with Crippen LogP contribution in [0.1, 0.15) is 26.2 Å². The lowest BCUT2D eigenvalue weighted by Crippen LogP contribution is -2.15. The highest BCUT2D eigenvalue weighted by molar-refractivity contribution is 6.20. The number of anilines is 1. The topological polar surface area (TPSA) is 66.5 Å². The largest absolute Gasteiger partial charge is 0.367 e. The number of fused-ring (bicyclic) bond motifs is 1. The van der Waals surface area contributed by atoms with Crippen LogP contribution in [-0.4, -0.2) is 31.9 Å². The van der Waals surface area contributed by atoms with E-state index in [0.29, 0.717) is 6.54 Å². The van der Waals surface area contributed by atoms with E-state index >= 15 is 0 Å². The first-order chi connectivity index (χ1) is 8.31. The molecule has 1 unspecified atom stereocenters. The number of aromatic nitrogens is 4. The summed E-state index contributed by atoms with van der Waals surface area (Å²) in [6.45, 7) is 2.86. The minimum Gasteiger partial charge on any atom is -0.367 e. The van der Waals surface area contributed by atoms with E-state index in [1.165, 1.54) is 12.7 Å². The van der Waals surface area contributed by atoms with Crippen molar-refractivity contribution in [1.82, 2.24) is 19.9 Å². The molecule has 2 heterocycles. The van der Waals surface area contributed by atoms with E-state index < -0.39 is 0 Å². The Hall–Kier alpha value is -1.36. The summed E-state index contributed by atoms with van der Waals surface area (Å²) < 4.78 is 0. The summed E-state index contributed by atoms with van der Waals surface area (Å²) in [5.41, 5.74) is 1.49. The molecule has 1 atom stereocenters. The molecule has 0 fully saturated rings. The van der Waals surface area contributed by atoms with Crippen LogP contribution in [0.2, 0.25) is 0 Å². The molecule has 0 aliphatic carbocycles. The van der Waals surface area contributed by atoms with Crippen LogP contribution in [0, 0.1) is 0 Å². The van der Waals surface area contributed by atoms with E-state index in [1.54, 1.807) is 6.33 Å². The molecular weight excluding hydrogens is 238 g/mol. The van der Waals surface area contributed by atoms with E-state index in [0.717, 1.165) is 29.8 Å². The van der Waals surface area contributed by atoms with Crippen molar-refractivity contribution in [1.29, 1.82) is 0 Å². The van der Waals surface area contributed by atoms with Crippen molar-refractivity contribution >= 4 is 28.6 Å². The number of nitrogens with one attached hydrogen (secondary N) is 2. The monoisotopic (exact) mass is 253 g/mol. The Morgan fingerprint density at radius 3 is 3.12 bits per heavy atom. The van der Waals surface area contributed by atoms with Gasteiger partial charge in [0.1, 0.15) is 11.8 Å². The molecule has 0 saturated heterocycles. The van der Waals surface area contributed by atoms with Gasteiger partial charge < -0.3 is 10.3 Å². The van der Waals surface area contributed by atoms with Crippen LogP contribution in [0.15, 0.2) is 12.7 Å². The van der Waals surface area contributed by atoms with Gasteiger partial charge in [0.15, 0.2) is 11.5 Å². The Balaban J connectivity index is 1.96. The van der Waals surface area contributed by atoms with Gasteiger partial charge in [0, 0.05) is 6.54 Å². The molecule has 0 amide bonds. The van der Waals surface area contributed by atoms with Crippen molar-refractivity contribution in [2.24, 2.45) is 0 Å². The van der Waals surface area contributed by atoms with Gasteiger partial charge in [-0.1, -0.05) is 19.8 Å². The van der Waals surface area contributed by atoms with Crippen molar-refractivity contribution in [3.63, 3.8) is 0 Å². The number of halogens is 1. The van der Waals surface area contributed by atoms with Gasteiger partial charge in [-0.3, -0.25) is 0 Å². The second-order valence-corrected chi connectivity index (χ2v) is 4.56. The Labute approximate surface area is 105 Å². The van der Waals surface area contributed by atoms with Crippen LogP contribution in [0.4, 0.5) is 5.82 Å². The number of hydrogen-bond acceptors (Lipinski definition) is 4. The fraction of sp³-hybridized carbons (Fsp3) is 0.545. The van der Waals surface area contributed by atoms with Gasteiger partial charge in [-0.25, -0.2) is 15.0 Å². The van der Waals surface area contributed by atoms with Gasteiger partial charge in [-0.15, -0.1) is 11.6 Å². The predicted octanol–water partition coefficient (Wildman–Crippen LogP) is 2.56. The van der Waals surface area contributed by atoms with Crippen molar-refractivity contribution in [3.8, 4) is 0 Å². The second-order valence-electron chi connectivity index (χ2n) is 3.94. The molecule has 2 aromatic rings. The molecule has 2 aromatic heterocycles. The molecule has 92 valence electrons. The van der Waals surface area contributed by atoms with Crippen molar-refractivity contribution in [2.75, 3.05) is 11.9 Å². The van der Waals surface area contributed by atoms with E-state index in [9.17, 15) is 0 Å². The van der Waals surface area contributed by atoms with Crippen molar-refractivity contribution < 1.29 is 0 Å². The van der Waals surface area contributed by atoms with Gasteiger partial charge in [-0.2, -0.15) is 0 Å². The third kappa shape index (κ3) is 3.06. The molecule has 17 heavy (non-hydrogen) atoms. The lowest BCUT2D eigenvalue weighted by molar-refractivity contribution is 0.691. The van der Waals surface area contributed by atoms with Crippen LogP contribution < -0.4 is 5.32 Å². The molecule has 2 rings (SSSR count). The summed E-state index contributed by atoms with van der Waals surface area (Å²) >= 11 is 6.20. The lowest BCUT2D eigenvalue weighted by Gasteiger charge is -2.10. The Kier molecular flexibility index (Phi) is 4.14. The molecule has 0 bridgehead atoms. The smallest absolute Gasteiger partial charge is 0.162 e. The number of aromatic amines is 1. The number of rotatable bonds is 6. The van der Waals surface area contributed by atoms with Crippen LogP contribution in [0.3, 0.4) is 0 Å². The first-order valence-corrected chi connectivity index (χ1v) is 6.27. The van der Waals surface area contributed by atoms with Gasteiger partial charge in [0.05, 0.1) is 11.7 Å². The quantitative estimate of drug-likeness (QED) is 0.777. The van der Waals surface area contributed by atoms with E-state index in [2.05, 4.69) is 32.2 Å². The second kappa shape index (κ2) is 5.82. The SMILES string of the molecule is CCCCC(Cl)CNc1ncnc2[nH]cnc12. The number of alkyl halides is 1. The van der Waals surface area contributed by atoms with E-state index in [1.807, 2.05) is 0 Å². The van der Waals surface area contributed by atoms with Crippen LogP contribution in [-0.2, 0) is 0 Å².